The van der Waals surface area contributed by atoms with Gasteiger partial charge in [0.05, 0.1) is 24.8 Å². The van der Waals surface area contributed by atoms with Gasteiger partial charge < -0.3 is 15.0 Å². The highest BCUT2D eigenvalue weighted by atomic mass is 32.2. The zero-order chi connectivity index (χ0) is 24.2. The molecule has 1 aromatic heterocycles. The number of methoxy groups -OCH3 is 1. The maximum Gasteiger partial charge on any atom is 0.327 e. The number of nitrogens with zero attached hydrogens (tertiary/aromatic N) is 5. The second-order valence-corrected chi connectivity index (χ2v) is 8.54. The van der Waals surface area contributed by atoms with Gasteiger partial charge in [-0.15, -0.1) is 10.2 Å². The molecule has 0 bridgehead atoms. The molecule has 1 saturated heterocycles. The molecular formula is C23H24N6O4S. The third kappa shape index (κ3) is 4.60. The van der Waals surface area contributed by atoms with Crippen LogP contribution in [0.5, 0.6) is 5.75 Å². The van der Waals surface area contributed by atoms with Crippen LogP contribution in [0.3, 0.4) is 0 Å². The highest BCUT2D eigenvalue weighted by molar-refractivity contribution is 7.99. The average Bonchev–Trinajstić information content (AvgIpc) is 3.29. The number of carbonyl (C=O) groups excluding carboxylic acids is 3. The Bertz CT molecular complexity index is 1220. The summed E-state index contributed by atoms with van der Waals surface area (Å²) in [6.45, 7) is 0. The van der Waals surface area contributed by atoms with Gasteiger partial charge in [0.15, 0.2) is 11.0 Å². The molecule has 11 heteroatoms. The molecule has 1 aliphatic heterocycles. The van der Waals surface area contributed by atoms with Gasteiger partial charge in [-0.1, -0.05) is 42.1 Å². The summed E-state index contributed by atoms with van der Waals surface area (Å²) in [6.07, 6.45) is -0.673. The number of nitrogens with one attached hydrogen (secondary N) is 1. The zero-order valence-corrected chi connectivity index (χ0v) is 19.8. The van der Waals surface area contributed by atoms with Crippen molar-refractivity contribution in [2.45, 2.75) is 17.7 Å². The first kappa shape index (κ1) is 23.3. The van der Waals surface area contributed by atoms with Crippen LogP contribution in [0.1, 0.15) is 6.42 Å². The predicted octanol–water partition coefficient (Wildman–Crippen LogP) is 2.39. The van der Waals surface area contributed by atoms with Crippen LogP contribution >= 0.6 is 11.8 Å². The molecule has 4 amide bonds. The Morgan fingerprint density at radius 1 is 1.09 bits per heavy atom. The van der Waals surface area contributed by atoms with E-state index in [1.807, 2.05) is 59.2 Å². The van der Waals surface area contributed by atoms with E-state index in [0.29, 0.717) is 16.7 Å². The molecule has 2 aromatic carbocycles. The van der Waals surface area contributed by atoms with Crippen LogP contribution in [0.2, 0.25) is 0 Å². The van der Waals surface area contributed by atoms with Crippen molar-refractivity contribution in [1.82, 2.24) is 29.9 Å². The average molecular weight is 481 g/mol. The predicted molar refractivity (Wildman–Crippen MR) is 127 cm³/mol. The molecule has 1 fully saturated rings. The Labute approximate surface area is 200 Å². The molecule has 1 unspecified atom stereocenters. The minimum absolute atomic E-state index is 0.0211. The summed E-state index contributed by atoms with van der Waals surface area (Å²) in [7, 11) is 4.57. The Kier molecular flexibility index (Phi) is 6.82. The number of imide groups is 1. The minimum Gasteiger partial charge on any atom is -0.496 e. The van der Waals surface area contributed by atoms with E-state index in [9.17, 15) is 14.4 Å². The third-order valence-corrected chi connectivity index (χ3v) is 6.38. The molecule has 4 rings (SSSR count). The number of ether oxygens (including phenoxy) is 1. The Morgan fingerprint density at radius 3 is 2.53 bits per heavy atom. The maximum absolute atomic E-state index is 12.7. The second-order valence-electron chi connectivity index (χ2n) is 7.60. The van der Waals surface area contributed by atoms with Gasteiger partial charge in [-0.25, -0.2) is 4.79 Å². The fourth-order valence-electron chi connectivity index (χ4n) is 3.60. The number of hydrogen-bond donors (Lipinski definition) is 1. The number of urea groups is 1. The Hall–Kier alpha value is -3.86. The van der Waals surface area contributed by atoms with E-state index >= 15 is 0 Å². The summed E-state index contributed by atoms with van der Waals surface area (Å²) < 4.78 is 7.37. The topological polar surface area (TPSA) is 110 Å². The summed E-state index contributed by atoms with van der Waals surface area (Å²) >= 11 is 1.21. The van der Waals surface area contributed by atoms with Gasteiger partial charge in [0, 0.05) is 19.8 Å². The van der Waals surface area contributed by atoms with Crippen molar-refractivity contribution >= 4 is 29.6 Å². The molecule has 0 saturated carbocycles. The van der Waals surface area contributed by atoms with Gasteiger partial charge in [0.25, 0.3) is 0 Å². The van der Waals surface area contributed by atoms with Crippen molar-refractivity contribution in [2.24, 2.45) is 0 Å². The summed E-state index contributed by atoms with van der Waals surface area (Å²) in [5.41, 5.74) is 1.60. The standard InChI is InChI=1S/C23H24N6O4S/c1-27-18(13-20(31)28(2)23(27)32)24-19(30)14-34-22-26-25-21(16-11-7-8-12-17(16)33-3)29(22)15-9-5-4-6-10-15/h4-12,18H,13-14H2,1-3H3,(H,24,30). The first-order valence-corrected chi connectivity index (χ1v) is 11.5. The zero-order valence-electron chi connectivity index (χ0n) is 19.0. The van der Waals surface area contributed by atoms with Crippen LogP contribution in [-0.4, -0.2) is 75.5 Å². The van der Waals surface area contributed by atoms with Crippen LogP contribution in [0.4, 0.5) is 4.79 Å². The van der Waals surface area contributed by atoms with Gasteiger partial charge >= 0.3 is 6.03 Å². The normalized spacial score (nSPS) is 16.0. The first-order chi connectivity index (χ1) is 16.4. The molecule has 1 aliphatic rings. The molecule has 0 aliphatic carbocycles. The number of aromatic nitrogens is 3. The van der Waals surface area contributed by atoms with Crippen molar-refractivity contribution in [3.05, 3.63) is 54.6 Å². The minimum atomic E-state index is -0.694. The van der Waals surface area contributed by atoms with Crippen LogP contribution in [0.15, 0.2) is 59.8 Å². The number of thioether (sulfide) groups is 1. The largest absolute Gasteiger partial charge is 0.496 e. The molecule has 0 spiro atoms. The number of para-hydroxylation sites is 2. The second kappa shape index (κ2) is 9.96. The SMILES string of the molecule is COc1ccccc1-c1nnc(SCC(=O)NC2CC(=O)N(C)C(=O)N2C)n1-c1ccccc1. The van der Waals surface area contributed by atoms with E-state index in [4.69, 9.17) is 4.74 Å². The molecule has 10 nitrogen and oxygen atoms in total. The number of carbonyl (C=O) groups is 3. The molecule has 3 aromatic rings. The molecule has 2 heterocycles. The lowest BCUT2D eigenvalue weighted by Gasteiger charge is -2.36. The van der Waals surface area contributed by atoms with Gasteiger partial charge in [-0.05, 0) is 24.3 Å². The Balaban J connectivity index is 1.56. The fraction of sp³-hybridized carbons (Fsp3) is 0.261. The van der Waals surface area contributed by atoms with E-state index in [0.717, 1.165) is 16.2 Å². The summed E-state index contributed by atoms with van der Waals surface area (Å²) in [5, 5.41) is 12.0. The van der Waals surface area contributed by atoms with Gasteiger partial charge in [-0.3, -0.25) is 19.1 Å². The van der Waals surface area contributed by atoms with Crippen LogP contribution in [0, 0.1) is 0 Å². The molecular weight excluding hydrogens is 456 g/mol. The van der Waals surface area contributed by atoms with Gasteiger partial charge in [0.1, 0.15) is 11.9 Å². The lowest BCUT2D eigenvalue weighted by molar-refractivity contribution is -0.132. The number of benzene rings is 2. The van der Waals surface area contributed by atoms with Crippen LogP contribution < -0.4 is 10.1 Å². The van der Waals surface area contributed by atoms with E-state index in [2.05, 4.69) is 15.5 Å². The van der Waals surface area contributed by atoms with Crippen LogP contribution in [-0.2, 0) is 9.59 Å². The number of hydrogen-bond acceptors (Lipinski definition) is 7. The molecule has 1 N–H and O–H groups in total. The van der Waals surface area contributed by atoms with Crippen molar-refractivity contribution in [3.63, 3.8) is 0 Å². The summed E-state index contributed by atoms with van der Waals surface area (Å²) in [4.78, 5) is 39.2. The quantitative estimate of drug-likeness (QED) is 0.517. The molecule has 0 radical (unpaired) electrons. The summed E-state index contributed by atoms with van der Waals surface area (Å²) in [6, 6.07) is 16.6. The number of amides is 4. The van der Waals surface area contributed by atoms with Crippen molar-refractivity contribution in [2.75, 3.05) is 27.0 Å². The van der Waals surface area contributed by atoms with Gasteiger partial charge in [-0.2, -0.15) is 0 Å². The summed E-state index contributed by atoms with van der Waals surface area (Å²) in [5.74, 6) is 0.595. The Morgan fingerprint density at radius 2 is 1.79 bits per heavy atom. The first-order valence-electron chi connectivity index (χ1n) is 10.5. The van der Waals surface area contributed by atoms with Gasteiger partial charge in [0.2, 0.25) is 11.8 Å². The van der Waals surface area contributed by atoms with E-state index in [1.54, 1.807) is 14.2 Å². The number of rotatable bonds is 7. The molecule has 1 atom stereocenters. The third-order valence-electron chi connectivity index (χ3n) is 5.45. The smallest absolute Gasteiger partial charge is 0.327 e. The maximum atomic E-state index is 12.7. The van der Waals surface area contributed by atoms with Crippen molar-refractivity contribution in [1.29, 1.82) is 0 Å². The monoisotopic (exact) mass is 480 g/mol. The molecule has 176 valence electrons. The van der Waals surface area contributed by atoms with Crippen LogP contribution in [0.25, 0.3) is 17.1 Å². The van der Waals surface area contributed by atoms with E-state index in [1.165, 1.54) is 23.7 Å². The molecule has 34 heavy (non-hydrogen) atoms. The highest BCUT2D eigenvalue weighted by Crippen LogP contribution is 2.33. The van der Waals surface area contributed by atoms with Crippen molar-refractivity contribution in [3.8, 4) is 22.8 Å². The lowest BCUT2D eigenvalue weighted by atomic mass is 10.2. The van der Waals surface area contributed by atoms with Crippen molar-refractivity contribution < 1.29 is 19.1 Å². The lowest BCUT2D eigenvalue weighted by Crippen LogP contribution is -2.59. The highest BCUT2D eigenvalue weighted by Gasteiger charge is 2.35. The fourth-order valence-corrected chi connectivity index (χ4v) is 4.36. The van der Waals surface area contributed by atoms with E-state index < -0.39 is 12.2 Å². The van der Waals surface area contributed by atoms with E-state index in [-0.39, 0.29) is 24.0 Å².